The number of rotatable bonds is 3. The summed E-state index contributed by atoms with van der Waals surface area (Å²) >= 11 is 3.71. The van der Waals surface area contributed by atoms with E-state index in [1.54, 1.807) is 0 Å². The zero-order valence-electron chi connectivity index (χ0n) is 15.7. The minimum absolute atomic E-state index is 0.193. The van der Waals surface area contributed by atoms with Crippen LogP contribution in [0.3, 0.4) is 0 Å². The molecule has 1 aromatic heterocycles. The molecule has 0 saturated carbocycles. The van der Waals surface area contributed by atoms with Gasteiger partial charge in [0.05, 0.1) is 5.56 Å². The van der Waals surface area contributed by atoms with E-state index < -0.39 is 0 Å². The number of hydrogen-bond acceptors (Lipinski definition) is 4. The molecular formula is C21H23BrN2O2. The van der Waals surface area contributed by atoms with E-state index in [4.69, 9.17) is 4.52 Å². The third-order valence-electron chi connectivity index (χ3n) is 4.29. The third kappa shape index (κ3) is 3.68. The van der Waals surface area contributed by atoms with Crippen molar-refractivity contribution in [1.29, 1.82) is 0 Å². The Morgan fingerprint density at radius 1 is 1.00 bits per heavy atom. The van der Waals surface area contributed by atoms with Crippen LogP contribution < -0.4 is 0 Å². The molecule has 4 nitrogen and oxygen atoms in total. The quantitative estimate of drug-likeness (QED) is 0.530. The van der Waals surface area contributed by atoms with E-state index in [2.05, 4.69) is 60.7 Å². The lowest BCUT2D eigenvalue weighted by atomic mass is 9.82. The van der Waals surface area contributed by atoms with E-state index >= 15 is 0 Å². The molecule has 0 amide bonds. The van der Waals surface area contributed by atoms with E-state index in [1.807, 2.05) is 42.5 Å². The smallest absolute Gasteiger partial charge is 0.258 e. The summed E-state index contributed by atoms with van der Waals surface area (Å²) < 4.78 is 5.18. The summed E-state index contributed by atoms with van der Waals surface area (Å²) in [6.45, 7) is 10.4. The lowest BCUT2D eigenvalue weighted by molar-refractivity contribution is 0.429. The summed E-state index contributed by atoms with van der Waals surface area (Å²) in [5.41, 5.74) is 3.09. The first-order chi connectivity index (χ1) is 12.1. The number of aromatic hydroxyl groups is 1. The van der Waals surface area contributed by atoms with Crippen molar-refractivity contribution in [3.63, 3.8) is 0 Å². The summed E-state index contributed by atoms with van der Waals surface area (Å²) in [6, 6.07) is 13.5. The Morgan fingerprint density at radius 2 is 1.65 bits per heavy atom. The van der Waals surface area contributed by atoms with Crippen LogP contribution in [0.25, 0.3) is 22.8 Å². The predicted octanol–water partition coefficient (Wildman–Crippen LogP) is 6.04. The van der Waals surface area contributed by atoms with E-state index in [-0.39, 0.29) is 15.5 Å². The first kappa shape index (κ1) is 18.6. The van der Waals surface area contributed by atoms with Crippen molar-refractivity contribution < 1.29 is 9.63 Å². The van der Waals surface area contributed by atoms with Gasteiger partial charge in [0, 0.05) is 15.5 Å². The Morgan fingerprint density at radius 3 is 2.23 bits per heavy atom. The number of phenolic OH excluding ortho intramolecular Hbond substituents is 1. The fraction of sp³-hybridized carbons (Fsp3) is 0.333. The molecule has 3 rings (SSSR count). The van der Waals surface area contributed by atoms with Gasteiger partial charge < -0.3 is 9.63 Å². The number of halogens is 1. The normalized spacial score (nSPS) is 12.4. The second-order valence-electron chi connectivity index (χ2n) is 7.93. The second kappa shape index (κ2) is 6.54. The van der Waals surface area contributed by atoms with Gasteiger partial charge in [0.25, 0.3) is 5.89 Å². The van der Waals surface area contributed by atoms with Crippen molar-refractivity contribution in [1.82, 2.24) is 10.1 Å². The van der Waals surface area contributed by atoms with Crippen LogP contribution in [-0.4, -0.2) is 15.2 Å². The molecule has 0 aliphatic carbocycles. The Bertz CT molecular complexity index is 919. The van der Waals surface area contributed by atoms with E-state index in [1.165, 1.54) is 0 Å². The lowest BCUT2D eigenvalue weighted by Gasteiger charge is -2.26. The molecular weight excluding hydrogens is 392 g/mol. The number of benzene rings is 2. The van der Waals surface area contributed by atoms with Crippen LogP contribution in [-0.2, 0) is 9.74 Å². The van der Waals surface area contributed by atoms with Crippen LogP contribution in [0.15, 0.2) is 47.0 Å². The fourth-order valence-electron chi connectivity index (χ4n) is 2.75. The highest BCUT2D eigenvalue weighted by atomic mass is 79.9. The third-order valence-corrected chi connectivity index (χ3v) is 4.75. The van der Waals surface area contributed by atoms with Crippen LogP contribution in [0.5, 0.6) is 5.75 Å². The maximum Gasteiger partial charge on any atom is 0.258 e. The van der Waals surface area contributed by atoms with Crippen LogP contribution in [0, 0.1) is 0 Å². The van der Waals surface area contributed by atoms with Gasteiger partial charge in [-0.15, -0.1) is 0 Å². The first-order valence-corrected chi connectivity index (χ1v) is 9.33. The fourth-order valence-corrected chi connectivity index (χ4v) is 2.98. The van der Waals surface area contributed by atoms with Gasteiger partial charge in [0.2, 0.25) is 5.82 Å². The van der Waals surface area contributed by atoms with E-state index in [9.17, 15) is 5.11 Å². The summed E-state index contributed by atoms with van der Waals surface area (Å²) in [4.78, 5) is 4.50. The number of alkyl halides is 1. The first-order valence-electron chi connectivity index (χ1n) is 8.54. The Labute approximate surface area is 162 Å². The van der Waals surface area contributed by atoms with Crippen LogP contribution in [0.2, 0.25) is 0 Å². The molecule has 0 aliphatic rings. The standard InChI is InChI=1S/C21H23BrN2O2/c1-20(2,3)16-12-14(21(4,5)22)11-15(17(16)25)18-23-19(26-24-18)13-9-7-6-8-10-13/h6-12,25H,1-5H3. The lowest BCUT2D eigenvalue weighted by Crippen LogP contribution is -2.15. The molecule has 0 fully saturated rings. The molecule has 5 heteroatoms. The largest absolute Gasteiger partial charge is 0.507 e. The maximum atomic E-state index is 10.9. The SMILES string of the molecule is CC(C)(C)c1cc(C(C)(C)Br)cc(-c2noc(-c3ccccc3)n2)c1O. The molecule has 0 unspecified atom stereocenters. The van der Waals surface area contributed by atoms with Crippen LogP contribution in [0.1, 0.15) is 45.7 Å². The average molecular weight is 415 g/mol. The monoisotopic (exact) mass is 414 g/mol. The van der Waals surface area contributed by atoms with Gasteiger partial charge in [-0.1, -0.05) is 66.1 Å². The number of nitrogens with zero attached hydrogens (tertiary/aromatic N) is 2. The number of phenols is 1. The number of aromatic nitrogens is 2. The Kier molecular flexibility index (Phi) is 4.69. The van der Waals surface area contributed by atoms with Gasteiger partial charge in [-0.05, 0) is 43.0 Å². The Hall–Kier alpha value is -2.14. The zero-order valence-corrected chi connectivity index (χ0v) is 17.3. The summed E-state index contributed by atoms with van der Waals surface area (Å²) in [5, 5.41) is 15.0. The molecule has 0 aliphatic heterocycles. The van der Waals surface area contributed by atoms with Gasteiger partial charge in [0.15, 0.2) is 0 Å². The van der Waals surface area contributed by atoms with Crippen LogP contribution >= 0.6 is 15.9 Å². The average Bonchev–Trinajstić information content (AvgIpc) is 3.03. The minimum Gasteiger partial charge on any atom is -0.507 e. The summed E-state index contributed by atoms with van der Waals surface area (Å²) in [5.74, 6) is 1.00. The van der Waals surface area contributed by atoms with Crippen molar-refractivity contribution in [3.8, 4) is 28.6 Å². The van der Waals surface area contributed by atoms with Crippen molar-refractivity contribution in [3.05, 3.63) is 53.6 Å². The molecule has 0 spiro atoms. The molecule has 136 valence electrons. The van der Waals surface area contributed by atoms with E-state index in [0.29, 0.717) is 17.3 Å². The Balaban J connectivity index is 2.17. The van der Waals surface area contributed by atoms with E-state index in [0.717, 1.165) is 16.7 Å². The highest BCUT2D eigenvalue weighted by Gasteiger charge is 2.27. The van der Waals surface area contributed by atoms with Crippen molar-refractivity contribution in [2.45, 2.75) is 44.4 Å². The zero-order chi connectivity index (χ0) is 19.1. The molecule has 1 N–H and O–H groups in total. The molecule has 0 radical (unpaired) electrons. The molecule has 1 heterocycles. The molecule has 2 aromatic carbocycles. The van der Waals surface area contributed by atoms with Gasteiger partial charge in [-0.2, -0.15) is 4.98 Å². The van der Waals surface area contributed by atoms with Crippen LogP contribution in [0.4, 0.5) is 0 Å². The van der Waals surface area contributed by atoms with Crippen molar-refractivity contribution >= 4 is 15.9 Å². The molecule has 0 atom stereocenters. The maximum absolute atomic E-state index is 10.9. The minimum atomic E-state index is -0.249. The second-order valence-corrected chi connectivity index (χ2v) is 9.91. The van der Waals surface area contributed by atoms with Gasteiger partial charge in [-0.25, -0.2) is 0 Å². The van der Waals surface area contributed by atoms with Gasteiger partial charge >= 0.3 is 0 Å². The van der Waals surface area contributed by atoms with Crippen molar-refractivity contribution in [2.24, 2.45) is 0 Å². The summed E-state index contributed by atoms with van der Waals surface area (Å²) in [7, 11) is 0. The summed E-state index contributed by atoms with van der Waals surface area (Å²) in [6.07, 6.45) is 0. The molecule has 26 heavy (non-hydrogen) atoms. The van der Waals surface area contributed by atoms with Crippen molar-refractivity contribution in [2.75, 3.05) is 0 Å². The predicted molar refractivity (Wildman–Crippen MR) is 107 cm³/mol. The highest BCUT2D eigenvalue weighted by molar-refractivity contribution is 9.09. The van der Waals surface area contributed by atoms with Gasteiger partial charge in [-0.3, -0.25) is 0 Å². The highest BCUT2D eigenvalue weighted by Crippen LogP contribution is 2.43. The molecule has 3 aromatic rings. The molecule has 0 saturated heterocycles. The van der Waals surface area contributed by atoms with Gasteiger partial charge in [0.1, 0.15) is 5.75 Å². The molecule has 0 bridgehead atoms. The topological polar surface area (TPSA) is 59.2 Å². The number of hydrogen-bond donors (Lipinski definition) is 1.